The maximum absolute atomic E-state index is 6.38. The smallest absolute Gasteiger partial charge is 0.0928 e. The van der Waals surface area contributed by atoms with Crippen molar-refractivity contribution in [1.29, 1.82) is 0 Å². The minimum Gasteiger partial charge on any atom is -0.251 e. The number of rotatable bonds is 1. The van der Waals surface area contributed by atoms with Crippen LogP contribution in [0, 0.1) is 6.92 Å². The molecule has 6 rings (SSSR count). The van der Waals surface area contributed by atoms with E-state index in [0.717, 1.165) is 48.8 Å². The van der Waals surface area contributed by atoms with Crippen LogP contribution in [0.5, 0.6) is 0 Å². The molecule has 0 saturated carbocycles. The van der Waals surface area contributed by atoms with Crippen LogP contribution in [-0.4, -0.2) is 9.97 Å². The molecule has 0 unspecified atom stereocenters. The normalized spacial score (nSPS) is 11.8. The lowest BCUT2D eigenvalue weighted by atomic mass is 9.95. The fourth-order valence-electron chi connectivity index (χ4n) is 4.18. The molecule has 0 atom stereocenters. The minimum atomic E-state index is 0.712. The maximum atomic E-state index is 6.38. The van der Waals surface area contributed by atoms with Crippen molar-refractivity contribution < 1.29 is 0 Å². The zero-order chi connectivity index (χ0) is 19.5. The Kier molecular flexibility index (Phi) is 3.64. The highest BCUT2D eigenvalue weighted by Crippen LogP contribution is 2.43. The fourth-order valence-corrected chi connectivity index (χ4v) is 5.49. The molecule has 0 radical (unpaired) electrons. The van der Waals surface area contributed by atoms with Crippen molar-refractivity contribution in [3.63, 3.8) is 0 Å². The Bertz CT molecular complexity index is 1570. The van der Waals surface area contributed by atoms with Crippen molar-refractivity contribution >= 4 is 65.0 Å². The molecular weight excluding hydrogens is 396 g/mol. The second-order valence-electron chi connectivity index (χ2n) is 7.21. The highest BCUT2D eigenvalue weighted by Gasteiger charge is 2.19. The van der Waals surface area contributed by atoms with E-state index in [1.807, 2.05) is 24.3 Å². The molecule has 3 heterocycles. The molecule has 2 nitrogen and oxygen atoms in total. The van der Waals surface area contributed by atoms with Crippen molar-refractivity contribution in [2.24, 2.45) is 0 Å². The Labute approximate surface area is 176 Å². The molecule has 0 aliphatic heterocycles. The fraction of sp³-hybridized carbons (Fsp3) is 0.0400. The van der Waals surface area contributed by atoms with Gasteiger partial charge in [0.2, 0.25) is 0 Å². The number of aryl methyl sites for hydroxylation is 1. The lowest BCUT2D eigenvalue weighted by Crippen LogP contribution is -1.94. The standard InChI is InChI=1S/C25H15ClN2S/c1-14-21-22(15-7-3-2-4-8-15)18-13-16(26)11-12-19(18)28-24(21)25-23(27-14)17-9-5-6-10-20(17)29-25/h2-13H,1H3. The van der Waals surface area contributed by atoms with Crippen molar-refractivity contribution in [2.75, 3.05) is 0 Å². The SMILES string of the molecule is Cc1nc2c3ccccc3sc2c2nc3ccc(Cl)cc3c(-c3ccccc3)c12. The van der Waals surface area contributed by atoms with Crippen LogP contribution in [0.1, 0.15) is 5.69 Å². The highest BCUT2D eigenvalue weighted by molar-refractivity contribution is 7.26. The van der Waals surface area contributed by atoms with Crippen molar-refractivity contribution in [1.82, 2.24) is 9.97 Å². The van der Waals surface area contributed by atoms with E-state index in [4.69, 9.17) is 21.6 Å². The van der Waals surface area contributed by atoms with Crippen LogP contribution in [-0.2, 0) is 0 Å². The predicted molar refractivity (Wildman–Crippen MR) is 125 cm³/mol. The van der Waals surface area contributed by atoms with Gasteiger partial charge in [-0.1, -0.05) is 60.1 Å². The number of halogens is 1. The molecule has 0 fully saturated rings. The number of fused-ring (bicyclic) bond motifs is 6. The Morgan fingerprint density at radius 2 is 1.59 bits per heavy atom. The van der Waals surface area contributed by atoms with Crippen LogP contribution in [0.25, 0.3) is 53.2 Å². The van der Waals surface area contributed by atoms with E-state index in [-0.39, 0.29) is 0 Å². The van der Waals surface area contributed by atoms with E-state index in [9.17, 15) is 0 Å². The third-order valence-corrected chi connectivity index (χ3v) is 6.84. The van der Waals surface area contributed by atoms with Gasteiger partial charge in [0.25, 0.3) is 0 Å². The number of hydrogen-bond acceptors (Lipinski definition) is 3. The maximum Gasteiger partial charge on any atom is 0.0928 e. The summed E-state index contributed by atoms with van der Waals surface area (Å²) >= 11 is 8.14. The average molecular weight is 411 g/mol. The Morgan fingerprint density at radius 3 is 2.45 bits per heavy atom. The minimum absolute atomic E-state index is 0.712. The first-order valence-corrected chi connectivity index (χ1v) is 10.7. The zero-order valence-electron chi connectivity index (χ0n) is 15.6. The van der Waals surface area contributed by atoms with Crippen LogP contribution < -0.4 is 0 Å². The van der Waals surface area contributed by atoms with Crippen LogP contribution >= 0.6 is 22.9 Å². The van der Waals surface area contributed by atoms with E-state index in [2.05, 4.69) is 55.5 Å². The summed E-state index contributed by atoms with van der Waals surface area (Å²) in [6.07, 6.45) is 0. The van der Waals surface area contributed by atoms with Crippen molar-refractivity contribution in [3.8, 4) is 11.1 Å². The Hall–Kier alpha value is -3.01. The second-order valence-corrected chi connectivity index (χ2v) is 8.70. The van der Waals surface area contributed by atoms with Gasteiger partial charge in [0.05, 0.1) is 21.3 Å². The molecule has 0 bridgehead atoms. The number of aromatic nitrogens is 2. The van der Waals surface area contributed by atoms with Crippen LogP contribution in [0.15, 0.2) is 72.8 Å². The lowest BCUT2D eigenvalue weighted by Gasteiger charge is -2.14. The topological polar surface area (TPSA) is 25.8 Å². The molecule has 0 spiro atoms. The Balaban J connectivity index is 1.91. The van der Waals surface area contributed by atoms with Crippen molar-refractivity contribution in [3.05, 3.63) is 83.5 Å². The largest absolute Gasteiger partial charge is 0.251 e. The average Bonchev–Trinajstić information content (AvgIpc) is 3.12. The first kappa shape index (κ1) is 16.9. The highest BCUT2D eigenvalue weighted by atomic mass is 35.5. The molecule has 3 aromatic heterocycles. The van der Waals surface area contributed by atoms with Gasteiger partial charge < -0.3 is 0 Å². The van der Waals surface area contributed by atoms with Gasteiger partial charge >= 0.3 is 0 Å². The van der Waals surface area contributed by atoms with E-state index in [1.165, 1.54) is 10.1 Å². The summed E-state index contributed by atoms with van der Waals surface area (Å²) in [5.41, 5.74) is 6.29. The molecule has 29 heavy (non-hydrogen) atoms. The number of benzene rings is 3. The van der Waals surface area contributed by atoms with E-state index in [1.54, 1.807) is 11.3 Å². The van der Waals surface area contributed by atoms with Crippen LogP contribution in [0.3, 0.4) is 0 Å². The molecule has 0 amide bonds. The first-order chi connectivity index (χ1) is 14.2. The third-order valence-electron chi connectivity index (χ3n) is 5.44. The first-order valence-electron chi connectivity index (χ1n) is 9.47. The summed E-state index contributed by atoms with van der Waals surface area (Å²) in [6, 6.07) is 24.8. The van der Waals surface area contributed by atoms with Crippen LogP contribution in [0.2, 0.25) is 5.02 Å². The molecule has 0 aliphatic carbocycles. The molecular formula is C25H15ClN2S. The quantitative estimate of drug-likeness (QED) is 0.258. The number of hydrogen-bond donors (Lipinski definition) is 0. The van der Waals surface area contributed by atoms with E-state index >= 15 is 0 Å². The third kappa shape index (κ3) is 2.48. The molecule has 138 valence electrons. The van der Waals surface area contributed by atoms with Gasteiger partial charge in [-0.25, -0.2) is 4.98 Å². The summed E-state index contributed by atoms with van der Waals surface area (Å²) in [6.45, 7) is 2.08. The monoisotopic (exact) mass is 410 g/mol. The summed E-state index contributed by atoms with van der Waals surface area (Å²) in [5, 5.41) is 4.06. The Morgan fingerprint density at radius 1 is 0.793 bits per heavy atom. The molecule has 0 N–H and O–H groups in total. The molecule has 4 heteroatoms. The lowest BCUT2D eigenvalue weighted by molar-refractivity contribution is 1.29. The molecule has 6 aromatic rings. The van der Waals surface area contributed by atoms with Gasteiger partial charge in [-0.2, -0.15) is 0 Å². The molecule has 3 aromatic carbocycles. The predicted octanol–water partition coefficient (Wildman–Crippen LogP) is 7.78. The summed E-state index contributed by atoms with van der Waals surface area (Å²) < 4.78 is 2.38. The van der Waals surface area contributed by atoms with E-state index < -0.39 is 0 Å². The van der Waals surface area contributed by atoms with Gasteiger partial charge in [-0.15, -0.1) is 11.3 Å². The number of thiophene rings is 1. The summed E-state index contributed by atoms with van der Waals surface area (Å²) in [5.74, 6) is 0. The van der Waals surface area contributed by atoms with Gasteiger partial charge in [-0.05, 0) is 36.8 Å². The van der Waals surface area contributed by atoms with Crippen LogP contribution in [0.4, 0.5) is 0 Å². The summed E-state index contributed by atoms with van der Waals surface area (Å²) in [4.78, 5) is 10.1. The summed E-state index contributed by atoms with van der Waals surface area (Å²) in [7, 11) is 0. The zero-order valence-corrected chi connectivity index (χ0v) is 17.2. The number of pyridine rings is 2. The van der Waals surface area contributed by atoms with Gasteiger partial charge in [0.1, 0.15) is 0 Å². The van der Waals surface area contributed by atoms with Gasteiger partial charge in [0, 0.05) is 37.1 Å². The van der Waals surface area contributed by atoms with Gasteiger partial charge in [0.15, 0.2) is 0 Å². The molecule has 0 aliphatic rings. The number of nitrogens with zero attached hydrogens (tertiary/aromatic N) is 2. The van der Waals surface area contributed by atoms with Crippen molar-refractivity contribution in [2.45, 2.75) is 6.92 Å². The van der Waals surface area contributed by atoms with Gasteiger partial charge in [-0.3, -0.25) is 4.98 Å². The van der Waals surface area contributed by atoms with E-state index in [0.29, 0.717) is 5.02 Å². The second kappa shape index (κ2) is 6.24. The molecule has 0 saturated heterocycles.